The van der Waals surface area contributed by atoms with Gasteiger partial charge >= 0.3 is 6.09 Å². The van der Waals surface area contributed by atoms with Gasteiger partial charge in [-0.2, -0.15) is 0 Å². The number of hydrogen-bond acceptors (Lipinski definition) is 5. The van der Waals surface area contributed by atoms with Crippen molar-refractivity contribution in [1.82, 2.24) is 4.90 Å². The molecular formula is C17H21N3O5. The molecule has 0 aliphatic carbocycles. The zero-order valence-electron chi connectivity index (χ0n) is 14.4. The Balaban J connectivity index is 1.91. The number of anilines is 1. The van der Waals surface area contributed by atoms with Gasteiger partial charge in [-0.15, -0.1) is 0 Å². The number of benzene rings is 1. The summed E-state index contributed by atoms with van der Waals surface area (Å²) in [5.41, 5.74) is 3.88. The lowest BCUT2D eigenvalue weighted by molar-refractivity contribution is -0.131. The summed E-state index contributed by atoms with van der Waals surface area (Å²) < 4.78 is 11.2. The average Bonchev–Trinajstić information content (AvgIpc) is 2.88. The van der Waals surface area contributed by atoms with Crippen LogP contribution in [0.4, 0.5) is 10.5 Å². The van der Waals surface area contributed by atoms with Gasteiger partial charge in [0.1, 0.15) is 17.4 Å². The third-order valence-corrected chi connectivity index (χ3v) is 4.14. The summed E-state index contributed by atoms with van der Waals surface area (Å²) in [4.78, 5) is 38.1. The number of nitrogens with one attached hydrogen (secondary N) is 1. The highest BCUT2D eigenvalue weighted by Gasteiger charge is 2.57. The lowest BCUT2D eigenvalue weighted by Crippen LogP contribution is -2.53. The molecule has 0 unspecified atom stereocenters. The zero-order chi connectivity index (χ0) is 18.4. The summed E-state index contributed by atoms with van der Waals surface area (Å²) in [6.45, 7) is 5.04. The van der Waals surface area contributed by atoms with Crippen LogP contribution in [0.25, 0.3) is 0 Å². The number of likely N-dealkylation sites (tertiary alicyclic amines) is 1. The minimum absolute atomic E-state index is 0.0260. The fraction of sp³-hybridized carbons (Fsp3) is 0.471. The van der Waals surface area contributed by atoms with Crippen LogP contribution in [-0.4, -0.2) is 46.6 Å². The van der Waals surface area contributed by atoms with Crippen LogP contribution in [0, 0.1) is 0 Å². The van der Waals surface area contributed by atoms with Gasteiger partial charge in [-0.1, -0.05) is 12.1 Å². The van der Waals surface area contributed by atoms with Gasteiger partial charge in [-0.05, 0) is 32.9 Å². The maximum atomic E-state index is 12.6. The van der Waals surface area contributed by atoms with Crippen LogP contribution in [0.2, 0.25) is 0 Å². The number of nitrogens with zero attached hydrogens (tertiary/aromatic N) is 1. The molecule has 3 N–H and O–H groups in total. The first-order valence-electron chi connectivity index (χ1n) is 8.00. The summed E-state index contributed by atoms with van der Waals surface area (Å²) in [6, 6.07) is 5.99. The quantitative estimate of drug-likeness (QED) is 0.794. The summed E-state index contributed by atoms with van der Waals surface area (Å²) in [5, 5.41) is 2.77. The molecule has 2 aliphatic rings. The van der Waals surface area contributed by atoms with Gasteiger partial charge in [-0.25, -0.2) is 4.79 Å². The number of rotatable bonds is 1. The van der Waals surface area contributed by atoms with Crippen molar-refractivity contribution >= 4 is 23.6 Å². The molecule has 0 aromatic heterocycles. The van der Waals surface area contributed by atoms with Crippen molar-refractivity contribution in [3.8, 4) is 5.75 Å². The Labute approximate surface area is 145 Å². The normalized spacial score (nSPS) is 25.2. The molecule has 3 amide bonds. The number of nitrogens with two attached hydrogens (primary N) is 1. The van der Waals surface area contributed by atoms with Gasteiger partial charge < -0.3 is 20.5 Å². The van der Waals surface area contributed by atoms with E-state index in [1.807, 2.05) is 0 Å². The van der Waals surface area contributed by atoms with Crippen molar-refractivity contribution < 1.29 is 23.9 Å². The monoisotopic (exact) mass is 347 g/mol. The predicted molar refractivity (Wildman–Crippen MR) is 89.0 cm³/mol. The van der Waals surface area contributed by atoms with Crippen molar-refractivity contribution in [2.75, 3.05) is 11.9 Å². The van der Waals surface area contributed by atoms with E-state index in [1.165, 1.54) is 4.90 Å². The molecule has 134 valence electrons. The van der Waals surface area contributed by atoms with Gasteiger partial charge in [-0.3, -0.25) is 14.5 Å². The van der Waals surface area contributed by atoms with E-state index >= 15 is 0 Å². The average molecular weight is 347 g/mol. The van der Waals surface area contributed by atoms with E-state index in [0.29, 0.717) is 11.4 Å². The van der Waals surface area contributed by atoms with Crippen LogP contribution >= 0.6 is 0 Å². The van der Waals surface area contributed by atoms with Gasteiger partial charge in [0.05, 0.1) is 12.2 Å². The molecule has 2 heterocycles. The van der Waals surface area contributed by atoms with Gasteiger partial charge in [0, 0.05) is 6.42 Å². The fourth-order valence-electron chi connectivity index (χ4n) is 3.03. The van der Waals surface area contributed by atoms with Crippen molar-refractivity contribution in [3.05, 3.63) is 24.3 Å². The summed E-state index contributed by atoms with van der Waals surface area (Å²) >= 11 is 0. The third-order valence-electron chi connectivity index (χ3n) is 4.14. The number of primary amides is 1. The maximum Gasteiger partial charge on any atom is 0.411 e. The molecule has 8 nitrogen and oxygen atoms in total. The van der Waals surface area contributed by atoms with E-state index in [1.54, 1.807) is 45.0 Å². The number of carbonyl (C=O) groups is 3. The summed E-state index contributed by atoms with van der Waals surface area (Å²) in [7, 11) is 0. The van der Waals surface area contributed by atoms with E-state index in [4.69, 9.17) is 15.2 Å². The molecule has 3 rings (SSSR count). The molecule has 2 atom stereocenters. The first-order chi connectivity index (χ1) is 11.6. The first-order valence-corrected chi connectivity index (χ1v) is 8.00. The summed E-state index contributed by atoms with van der Waals surface area (Å²) in [5.74, 6) is -0.641. The predicted octanol–water partition coefficient (Wildman–Crippen LogP) is 1.25. The fourth-order valence-corrected chi connectivity index (χ4v) is 3.03. The van der Waals surface area contributed by atoms with E-state index in [0.717, 1.165) is 0 Å². The van der Waals surface area contributed by atoms with E-state index < -0.39 is 35.2 Å². The molecule has 8 heteroatoms. The van der Waals surface area contributed by atoms with Crippen LogP contribution < -0.4 is 15.8 Å². The minimum Gasteiger partial charge on any atom is -0.473 e. The Morgan fingerprint density at radius 2 is 2.04 bits per heavy atom. The maximum absolute atomic E-state index is 12.6. The Morgan fingerprint density at radius 1 is 1.36 bits per heavy atom. The van der Waals surface area contributed by atoms with E-state index in [2.05, 4.69) is 5.32 Å². The third kappa shape index (κ3) is 3.11. The number of amides is 3. The summed E-state index contributed by atoms with van der Waals surface area (Å²) in [6.07, 6.45) is -0.731. The Bertz CT molecular complexity index is 742. The number of ether oxygens (including phenoxy) is 2. The van der Waals surface area contributed by atoms with Crippen molar-refractivity contribution in [2.24, 2.45) is 5.73 Å². The number of para-hydroxylation sites is 2. The topological polar surface area (TPSA) is 111 Å². The molecule has 1 saturated heterocycles. The van der Waals surface area contributed by atoms with Crippen molar-refractivity contribution in [2.45, 2.75) is 44.4 Å². The lowest BCUT2D eigenvalue weighted by Gasteiger charge is -2.34. The molecular weight excluding hydrogens is 326 g/mol. The molecule has 1 fully saturated rings. The van der Waals surface area contributed by atoms with Gasteiger partial charge in [0.2, 0.25) is 11.5 Å². The number of carbonyl (C=O) groups excluding carboxylic acids is 3. The molecule has 1 aromatic carbocycles. The molecule has 0 radical (unpaired) electrons. The largest absolute Gasteiger partial charge is 0.473 e. The van der Waals surface area contributed by atoms with Crippen molar-refractivity contribution in [1.29, 1.82) is 0 Å². The van der Waals surface area contributed by atoms with Gasteiger partial charge in [0.15, 0.2) is 0 Å². The number of fused-ring (bicyclic) bond motifs is 1. The van der Waals surface area contributed by atoms with Crippen LogP contribution in [0.1, 0.15) is 27.2 Å². The second-order valence-electron chi connectivity index (χ2n) is 7.28. The second kappa shape index (κ2) is 5.65. The number of hydrogen-bond donors (Lipinski definition) is 2. The molecule has 0 bridgehead atoms. The van der Waals surface area contributed by atoms with Gasteiger partial charge in [0.25, 0.3) is 5.91 Å². The molecule has 0 saturated carbocycles. The van der Waals surface area contributed by atoms with E-state index in [9.17, 15) is 14.4 Å². The SMILES string of the molecule is CC(C)(C)OC(=O)N1C[C@@]2(C[C@H]1C(N)=O)Oc1ccccc1NC2=O. The highest BCUT2D eigenvalue weighted by Crippen LogP contribution is 2.40. The van der Waals surface area contributed by atoms with Crippen LogP contribution in [0.3, 0.4) is 0 Å². The van der Waals surface area contributed by atoms with E-state index in [-0.39, 0.29) is 13.0 Å². The highest BCUT2D eigenvalue weighted by atomic mass is 16.6. The zero-order valence-corrected chi connectivity index (χ0v) is 14.4. The van der Waals surface area contributed by atoms with Crippen LogP contribution in [-0.2, 0) is 14.3 Å². The Hall–Kier alpha value is -2.77. The Morgan fingerprint density at radius 3 is 2.68 bits per heavy atom. The Kier molecular flexibility index (Phi) is 3.85. The van der Waals surface area contributed by atoms with Crippen LogP contribution in [0.15, 0.2) is 24.3 Å². The smallest absolute Gasteiger partial charge is 0.411 e. The molecule has 2 aliphatic heterocycles. The standard InChI is InChI=1S/C17H21N3O5/c1-16(2,3)25-15(23)20-9-17(8-11(20)13(18)21)14(22)19-10-6-4-5-7-12(10)24-17/h4-7,11H,8-9H2,1-3H3,(H2,18,21)(H,19,22)/t11-,17+/m0/s1. The molecule has 1 aromatic rings. The second-order valence-corrected chi connectivity index (χ2v) is 7.28. The van der Waals surface area contributed by atoms with Crippen molar-refractivity contribution in [3.63, 3.8) is 0 Å². The first kappa shape index (κ1) is 17.1. The highest BCUT2D eigenvalue weighted by molar-refractivity contribution is 6.02. The molecule has 25 heavy (non-hydrogen) atoms. The minimum atomic E-state index is -1.37. The lowest BCUT2D eigenvalue weighted by atomic mass is 9.96. The molecule has 1 spiro atoms. The van der Waals surface area contributed by atoms with Crippen LogP contribution in [0.5, 0.6) is 5.75 Å².